The molecule has 4 nitrogen and oxygen atoms in total. The Hall–Kier alpha value is -2.76. The van der Waals surface area contributed by atoms with Gasteiger partial charge in [-0.25, -0.2) is 8.78 Å². The number of aliphatic carboxylic acids is 1. The van der Waals surface area contributed by atoms with Gasteiger partial charge in [-0.05, 0) is 23.8 Å². The molecule has 0 amide bonds. The summed E-state index contributed by atoms with van der Waals surface area (Å²) in [7, 11) is 0. The van der Waals surface area contributed by atoms with E-state index in [1.165, 1.54) is 30.3 Å². The Bertz CT molecular complexity index is 729. The van der Waals surface area contributed by atoms with Crippen LogP contribution in [0.25, 0.3) is 11.1 Å². The number of oxime groups is 1. The molecule has 0 fully saturated rings. The van der Waals surface area contributed by atoms with Gasteiger partial charge in [0, 0.05) is 17.5 Å². The van der Waals surface area contributed by atoms with Gasteiger partial charge in [0.2, 0.25) is 0 Å². The molecular formula is C16H13F2NO3. The summed E-state index contributed by atoms with van der Waals surface area (Å²) in [6.07, 6.45) is -0.253. The van der Waals surface area contributed by atoms with Crippen molar-refractivity contribution in [3.8, 4) is 11.1 Å². The fourth-order valence-corrected chi connectivity index (χ4v) is 2.06. The summed E-state index contributed by atoms with van der Waals surface area (Å²) in [6.45, 7) is 0. The van der Waals surface area contributed by atoms with Gasteiger partial charge in [0.15, 0.2) is 0 Å². The first-order chi connectivity index (χ1) is 10.5. The Balaban J connectivity index is 2.31. The van der Waals surface area contributed by atoms with E-state index < -0.39 is 17.6 Å². The molecule has 0 aliphatic carbocycles. The number of hydrogen-bond donors (Lipinski definition) is 2. The monoisotopic (exact) mass is 305 g/mol. The predicted octanol–water partition coefficient (Wildman–Crippen LogP) is 3.67. The highest BCUT2D eigenvalue weighted by Crippen LogP contribution is 2.25. The minimum atomic E-state index is -1.04. The molecule has 2 aromatic rings. The van der Waals surface area contributed by atoms with Crippen molar-refractivity contribution in [2.75, 3.05) is 0 Å². The van der Waals surface area contributed by atoms with Crippen molar-refractivity contribution in [3.05, 3.63) is 59.7 Å². The molecule has 2 rings (SSSR count). The number of halogens is 2. The van der Waals surface area contributed by atoms with E-state index in [9.17, 15) is 13.6 Å². The van der Waals surface area contributed by atoms with Gasteiger partial charge in [-0.1, -0.05) is 29.4 Å². The van der Waals surface area contributed by atoms with Crippen molar-refractivity contribution in [1.29, 1.82) is 0 Å². The molecule has 0 saturated heterocycles. The van der Waals surface area contributed by atoms with Crippen molar-refractivity contribution < 1.29 is 23.9 Å². The second-order valence-electron chi connectivity index (χ2n) is 4.65. The van der Waals surface area contributed by atoms with Gasteiger partial charge in [0.1, 0.15) is 11.6 Å². The summed E-state index contributed by atoms with van der Waals surface area (Å²) >= 11 is 0. The van der Waals surface area contributed by atoms with Gasteiger partial charge in [0.05, 0.1) is 12.1 Å². The largest absolute Gasteiger partial charge is 0.481 e. The van der Waals surface area contributed by atoms with Gasteiger partial charge in [-0.2, -0.15) is 0 Å². The summed E-state index contributed by atoms with van der Waals surface area (Å²) in [6, 6.07) is 9.60. The average Bonchev–Trinajstić information content (AvgIpc) is 2.47. The molecule has 6 heteroatoms. The van der Waals surface area contributed by atoms with E-state index in [4.69, 9.17) is 10.3 Å². The Morgan fingerprint density at radius 1 is 1.09 bits per heavy atom. The molecule has 0 bridgehead atoms. The highest BCUT2D eigenvalue weighted by atomic mass is 19.1. The Kier molecular flexibility index (Phi) is 4.83. The zero-order chi connectivity index (χ0) is 16.1. The number of carboxylic acids is 1. The number of nitrogens with zero attached hydrogens (tertiary/aromatic N) is 1. The van der Waals surface area contributed by atoms with E-state index in [-0.39, 0.29) is 29.7 Å². The molecule has 0 spiro atoms. The first-order valence-corrected chi connectivity index (χ1v) is 6.50. The number of benzene rings is 2. The molecule has 0 aliphatic heterocycles. The average molecular weight is 305 g/mol. The third-order valence-corrected chi connectivity index (χ3v) is 3.13. The van der Waals surface area contributed by atoms with Crippen molar-refractivity contribution in [2.24, 2.45) is 5.16 Å². The molecule has 0 radical (unpaired) electrons. The number of carboxylic acid groups (broad SMARTS) is 1. The lowest BCUT2D eigenvalue weighted by atomic mass is 9.99. The molecule has 114 valence electrons. The topological polar surface area (TPSA) is 69.9 Å². The Morgan fingerprint density at radius 3 is 2.45 bits per heavy atom. The first-order valence-electron chi connectivity index (χ1n) is 6.50. The van der Waals surface area contributed by atoms with E-state index in [1.54, 1.807) is 6.07 Å². The van der Waals surface area contributed by atoms with E-state index in [0.717, 1.165) is 6.07 Å². The maximum atomic E-state index is 14.2. The summed E-state index contributed by atoms with van der Waals surface area (Å²) in [5.41, 5.74) is 0.948. The highest BCUT2D eigenvalue weighted by molar-refractivity contribution is 6.01. The van der Waals surface area contributed by atoms with E-state index in [2.05, 4.69) is 5.16 Å². The van der Waals surface area contributed by atoms with Crippen molar-refractivity contribution in [1.82, 2.24) is 0 Å². The molecule has 0 unspecified atom stereocenters. The molecule has 0 heterocycles. The minimum absolute atomic E-state index is 0.0232. The molecule has 0 saturated carbocycles. The van der Waals surface area contributed by atoms with Gasteiger partial charge < -0.3 is 10.3 Å². The lowest BCUT2D eigenvalue weighted by Gasteiger charge is -2.08. The molecule has 22 heavy (non-hydrogen) atoms. The SMILES string of the molecule is O=C(O)CCC(=NO)c1ccc(-c2cccc(F)c2)c(F)c1. The Morgan fingerprint density at radius 2 is 1.86 bits per heavy atom. The van der Waals surface area contributed by atoms with Crippen molar-refractivity contribution in [2.45, 2.75) is 12.8 Å². The van der Waals surface area contributed by atoms with Crippen LogP contribution in [-0.2, 0) is 4.79 Å². The molecule has 2 aromatic carbocycles. The van der Waals surface area contributed by atoms with Crippen LogP contribution in [0.1, 0.15) is 18.4 Å². The smallest absolute Gasteiger partial charge is 0.303 e. The first kappa shape index (κ1) is 15.6. The zero-order valence-electron chi connectivity index (χ0n) is 11.5. The minimum Gasteiger partial charge on any atom is -0.481 e. The van der Waals surface area contributed by atoms with Crippen LogP contribution in [0.3, 0.4) is 0 Å². The fourth-order valence-electron chi connectivity index (χ4n) is 2.06. The Labute approximate surface area is 125 Å². The van der Waals surface area contributed by atoms with E-state index in [0.29, 0.717) is 5.56 Å². The standard InChI is InChI=1S/C16H13F2NO3/c17-12-3-1-2-10(8-12)13-5-4-11(9-14(13)18)15(19-22)6-7-16(20)21/h1-5,8-9,22H,6-7H2,(H,20,21). The third kappa shape index (κ3) is 3.66. The number of rotatable bonds is 5. The van der Waals surface area contributed by atoms with Crippen LogP contribution in [0.15, 0.2) is 47.6 Å². The lowest BCUT2D eigenvalue weighted by Crippen LogP contribution is -2.06. The van der Waals surface area contributed by atoms with Crippen LogP contribution in [0, 0.1) is 11.6 Å². The molecule has 0 atom stereocenters. The van der Waals surface area contributed by atoms with Crippen LogP contribution >= 0.6 is 0 Å². The summed E-state index contributed by atoms with van der Waals surface area (Å²) < 4.78 is 27.4. The predicted molar refractivity (Wildman–Crippen MR) is 77.0 cm³/mol. The number of carbonyl (C=O) groups is 1. The lowest BCUT2D eigenvalue weighted by molar-refractivity contribution is -0.136. The van der Waals surface area contributed by atoms with Gasteiger partial charge >= 0.3 is 5.97 Å². The fraction of sp³-hybridized carbons (Fsp3) is 0.125. The van der Waals surface area contributed by atoms with Crippen LogP contribution in [0.5, 0.6) is 0 Å². The normalized spacial score (nSPS) is 11.5. The van der Waals surface area contributed by atoms with Crippen LogP contribution < -0.4 is 0 Å². The summed E-state index contributed by atoms with van der Waals surface area (Å²) in [5.74, 6) is -2.13. The molecular weight excluding hydrogens is 292 g/mol. The van der Waals surface area contributed by atoms with Crippen LogP contribution in [-0.4, -0.2) is 22.0 Å². The van der Waals surface area contributed by atoms with Crippen molar-refractivity contribution in [3.63, 3.8) is 0 Å². The maximum Gasteiger partial charge on any atom is 0.303 e. The van der Waals surface area contributed by atoms with Gasteiger partial charge in [0.25, 0.3) is 0 Å². The van der Waals surface area contributed by atoms with E-state index in [1.807, 2.05) is 0 Å². The number of hydrogen-bond acceptors (Lipinski definition) is 3. The second kappa shape index (κ2) is 6.80. The summed E-state index contributed by atoms with van der Waals surface area (Å²) in [4.78, 5) is 10.5. The highest BCUT2D eigenvalue weighted by Gasteiger charge is 2.12. The van der Waals surface area contributed by atoms with Crippen LogP contribution in [0.4, 0.5) is 8.78 Å². The molecule has 0 aliphatic rings. The maximum absolute atomic E-state index is 14.2. The van der Waals surface area contributed by atoms with E-state index >= 15 is 0 Å². The third-order valence-electron chi connectivity index (χ3n) is 3.13. The van der Waals surface area contributed by atoms with Gasteiger partial charge in [-0.3, -0.25) is 4.79 Å². The van der Waals surface area contributed by atoms with Crippen LogP contribution in [0.2, 0.25) is 0 Å². The second-order valence-corrected chi connectivity index (χ2v) is 4.65. The van der Waals surface area contributed by atoms with Crippen molar-refractivity contribution >= 4 is 11.7 Å². The zero-order valence-corrected chi connectivity index (χ0v) is 11.5. The summed E-state index contributed by atoms with van der Waals surface area (Å²) in [5, 5.41) is 20.6. The molecule has 2 N–H and O–H groups in total. The quantitative estimate of drug-likeness (QED) is 0.503. The van der Waals surface area contributed by atoms with Gasteiger partial charge in [-0.15, -0.1) is 0 Å². The molecule has 0 aromatic heterocycles.